The van der Waals surface area contributed by atoms with Gasteiger partial charge in [-0.1, -0.05) is 12.2 Å². The van der Waals surface area contributed by atoms with E-state index in [4.69, 9.17) is 5.73 Å². The normalized spacial score (nSPS) is 12.6. The van der Waals surface area contributed by atoms with E-state index in [1.165, 1.54) is 0 Å². The fraction of sp³-hybridized carbons (Fsp3) is 0.333. The van der Waals surface area contributed by atoms with E-state index in [9.17, 15) is 26.3 Å². The number of hydrogen-bond donors (Lipinski definition) is 1. The minimum absolute atomic E-state index is 0.143. The molecule has 1 rings (SSSR count). The van der Waals surface area contributed by atoms with Crippen LogP contribution in [0.2, 0.25) is 0 Å². The molecule has 0 atom stereocenters. The lowest BCUT2D eigenvalue weighted by Crippen LogP contribution is -2.46. The zero-order valence-corrected chi connectivity index (χ0v) is 9.73. The Morgan fingerprint density at radius 3 is 2.16 bits per heavy atom. The Kier molecular flexibility index (Phi) is 4.23. The highest BCUT2D eigenvalue weighted by molar-refractivity contribution is 7.80. The van der Waals surface area contributed by atoms with E-state index in [1.54, 1.807) is 0 Å². The molecule has 0 aliphatic heterocycles. The van der Waals surface area contributed by atoms with Gasteiger partial charge in [0.05, 0.1) is 0 Å². The van der Waals surface area contributed by atoms with Crippen molar-refractivity contribution >= 4 is 17.2 Å². The summed E-state index contributed by atoms with van der Waals surface area (Å²) in [6.07, 6.45) is -14.2. The second-order valence-electron chi connectivity index (χ2n) is 3.32. The van der Waals surface area contributed by atoms with Crippen molar-refractivity contribution in [1.29, 1.82) is 0 Å². The maximum absolute atomic E-state index is 12.2. The largest absolute Gasteiger partial charge is 0.471 e. The van der Waals surface area contributed by atoms with Crippen LogP contribution in [0, 0.1) is 0 Å². The first-order valence-electron chi connectivity index (χ1n) is 4.58. The molecule has 1 heterocycles. The second-order valence-corrected chi connectivity index (χ2v) is 3.76. The summed E-state index contributed by atoms with van der Waals surface area (Å²) in [6, 6.07) is 1.64. The molecular formula is C9H6F6N2OS. The summed E-state index contributed by atoms with van der Waals surface area (Å²) in [7, 11) is 0. The van der Waals surface area contributed by atoms with Gasteiger partial charge < -0.3 is 10.5 Å². The smallest absolute Gasteiger partial charge is 0.434 e. The Hall–Kier alpha value is -1.58. The van der Waals surface area contributed by atoms with E-state index in [2.05, 4.69) is 21.9 Å². The molecule has 0 radical (unpaired) electrons. The zero-order valence-electron chi connectivity index (χ0n) is 8.92. The van der Waals surface area contributed by atoms with Crippen LogP contribution in [0.3, 0.4) is 0 Å². The molecule has 0 aliphatic carbocycles. The van der Waals surface area contributed by atoms with Crippen molar-refractivity contribution in [3.8, 4) is 5.75 Å². The number of hydrogen-bond acceptors (Lipinski definition) is 3. The van der Waals surface area contributed by atoms with Crippen LogP contribution in [0.15, 0.2) is 18.3 Å². The molecule has 0 aromatic carbocycles. The van der Waals surface area contributed by atoms with Crippen molar-refractivity contribution in [3.05, 3.63) is 24.0 Å². The van der Waals surface area contributed by atoms with Crippen molar-refractivity contribution in [2.75, 3.05) is 0 Å². The summed E-state index contributed by atoms with van der Waals surface area (Å²) in [4.78, 5) is 3.29. The van der Waals surface area contributed by atoms with E-state index in [1.807, 2.05) is 0 Å². The Labute approximate surface area is 108 Å². The number of nitrogens with two attached hydrogens (primary N) is 1. The molecule has 0 saturated heterocycles. The fourth-order valence-electron chi connectivity index (χ4n) is 1.07. The molecule has 19 heavy (non-hydrogen) atoms. The van der Waals surface area contributed by atoms with Crippen molar-refractivity contribution in [2.24, 2.45) is 5.73 Å². The summed E-state index contributed by atoms with van der Waals surface area (Å²) in [5.41, 5.74) is 5.01. The van der Waals surface area contributed by atoms with Crippen molar-refractivity contribution in [1.82, 2.24) is 4.98 Å². The SMILES string of the molecule is NC(=S)c1cc(OC(C(F)(F)F)C(F)(F)F)ccn1. The summed E-state index contributed by atoms with van der Waals surface area (Å²) >= 11 is 4.50. The summed E-state index contributed by atoms with van der Waals surface area (Å²) in [5.74, 6) is -0.683. The minimum atomic E-state index is -5.59. The van der Waals surface area contributed by atoms with Crippen LogP contribution in [0.5, 0.6) is 5.75 Å². The first kappa shape index (κ1) is 15.5. The molecule has 1 aromatic rings. The Balaban J connectivity index is 3.04. The second kappa shape index (κ2) is 5.19. The van der Waals surface area contributed by atoms with Gasteiger partial charge in [0.2, 0.25) is 0 Å². The van der Waals surface area contributed by atoms with Crippen LogP contribution in [-0.2, 0) is 0 Å². The van der Waals surface area contributed by atoms with Gasteiger partial charge in [0, 0.05) is 12.3 Å². The summed E-state index contributed by atoms with van der Waals surface area (Å²) in [5, 5.41) is 0. The number of thiocarbonyl (C=S) groups is 1. The molecule has 0 fully saturated rings. The topological polar surface area (TPSA) is 48.1 Å². The van der Waals surface area contributed by atoms with Gasteiger partial charge in [-0.05, 0) is 6.07 Å². The summed E-state index contributed by atoms with van der Waals surface area (Å²) < 4.78 is 77.4. The molecule has 0 bridgehead atoms. The van der Waals surface area contributed by atoms with Gasteiger partial charge >= 0.3 is 12.4 Å². The molecule has 0 amide bonds. The lowest BCUT2D eigenvalue weighted by molar-refractivity contribution is -0.299. The van der Waals surface area contributed by atoms with Crippen LogP contribution in [0.1, 0.15) is 5.69 Å². The van der Waals surface area contributed by atoms with Gasteiger partial charge in [0.25, 0.3) is 6.10 Å². The maximum atomic E-state index is 12.2. The first-order valence-corrected chi connectivity index (χ1v) is 4.98. The predicted molar refractivity (Wildman–Crippen MR) is 56.7 cm³/mol. The molecule has 1 aromatic heterocycles. The Morgan fingerprint density at radius 2 is 1.74 bits per heavy atom. The van der Waals surface area contributed by atoms with Crippen molar-refractivity contribution in [3.63, 3.8) is 0 Å². The number of pyridine rings is 1. The van der Waals surface area contributed by atoms with E-state index in [0.717, 1.165) is 18.3 Å². The molecule has 2 N–H and O–H groups in total. The van der Waals surface area contributed by atoms with E-state index in [-0.39, 0.29) is 10.7 Å². The van der Waals surface area contributed by atoms with Gasteiger partial charge in [0.1, 0.15) is 16.4 Å². The van der Waals surface area contributed by atoms with Crippen LogP contribution < -0.4 is 10.5 Å². The Bertz CT molecular complexity index is 459. The van der Waals surface area contributed by atoms with Crippen molar-refractivity contribution < 1.29 is 31.1 Å². The number of nitrogens with zero attached hydrogens (tertiary/aromatic N) is 1. The van der Waals surface area contributed by atoms with Crippen LogP contribution >= 0.6 is 12.2 Å². The number of ether oxygens (including phenoxy) is 1. The molecule has 0 saturated carbocycles. The highest BCUT2D eigenvalue weighted by atomic mass is 32.1. The van der Waals surface area contributed by atoms with Crippen molar-refractivity contribution in [2.45, 2.75) is 18.5 Å². The van der Waals surface area contributed by atoms with E-state index in [0.29, 0.717) is 0 Å². The van der Waals surface area contributed by atoms with E-state index < -0.39 is 24.2 Å². The van der Waals surface area contributed by atoms with Gasteiger partial charge in [-0.25, -0.2) is 0 Å². The molecule has 0 spiro atoms. The van der Waals surface area contributed by atoms with Crippen LogP contribution in [0.25, 0.3) is 0 Å². The lowest BCUT2D eigenvalue weighted by Gasteiger charge is -2.23. The number of halogens is 6. The predicted octanol–water partition coefficient (Wildman–Crippen LogP) is 2.59. The molecule has 10 heteroatoms. The maximum Gasteiger partial charge on any atom is 0.434 e. The van der Waals surface area contributed by atoms with Crippen LogP contribution in [-0.4, -0.2) is 28.4 Å². The highest BCUT2D eigenvalue weighted by Gasteiger charge is 2.59. The van der Waals surface area contributed by atoms with Gasteiger partial charge in [-0.2, -0.15) is 26.3 Å². The fourth-order valence-corrected chi connectivity index (χ4v) is 1.19. The standard InChI is InChI=1S/C9H6F6N2OS/c10-8(11,12)7(9(13,14)15)18-4-1-2-17-5(3-4)6(16)19/h1-3,7H,(H2,16,19). The third-order valence-electron chi connectivity index (χ3n) is 1.83. The molecular weight excluding hydrogens is 298 g/mol. The van der Waals surface area contributed by atoms with Gasteiger partial charge in [-0.15, -0.1) is 0 Å². The third-order valence-corrected chi connectivity index (χ3v) is 2.04. The number of alkyl halides is 6. The molecule has 106 valence electrons. The lowest BCUT2D eigenvalue weighted by atomic mass is 10.3. The minimum Gasteiger partial charge on any atom is -0.471 e. The average Bonchev–Trinajstić information content (AvgIpc) is 2.23. The number of aromatic nitrogens is 1. The highest BCUT2D eigenvalue weighted by Crippen LogP contribution is 2.36. The molecule has 0 aliphatic rings. The quantitative estimate of drug-likeness (QED) is 0.689. The van der Waals surface area contributed by atoms with E-state index >= 15 is 0 Å². The summed E-state index contributed by atoms with van der Waals surface area (Å²) in [6.45, 7) is 0. The monoisotopic (exact) mass is 304 g/mol. The van der Waals surface area contributed by atoms with Gasteiger partial charge in [-0.3, -0.25) is 4.98 Å². The average molecular weight is 304 g/mol. The molecule has 0 unspecified atom stereocenters. The third kappa shape index (κ3) is 4.23. The number of rotatable bonds is 3. The molecule has 3 nitrogen and oxygen atoms in total. The Morgan fingerprint density at radius 1 is 1.21 bits per heavy atom. The van der Waals surface area contributed by atoms with Crippen LogP contribution in [0.4, 0.5) is 26.3 Å². The first-order chi connectivity index (χ1) is 8.51. The van der Waals surface area contributed by atoms with Gasteiger partial charge in [0.15, 0.2) is 0 Å². The zero-order chi connectivity index (χ0) is 14.8.